The zero-order valence-electron chi connectivity index (χ0n) is 12.1. The maximum absolute atomic E-state index is 11.9. The summed E-state index contributed by atoms with van der Waals surface area (Å²) in [6.07, 6.45) is 1.58. The third kappa shape index (κ3) is 3.83. The molecule has 0 aromatic carbocycles. The normalized spacial score (nSPS) is 17.9. The highest BCUT2D eigenvalue weighted by molar-refractivity contribution is 5.79. The smallest absolute Gasteiger partial charge is 0.315 e. The van der Waals surface area contributed by atoms with Crippen molar-refractivity contribution >= 4 is 12.0 Å². The Labute approximate surface area is 113 Å². The molecule has 6 heteroatoms. The molecule has 1 aliphatic heterocycles. The Bertz CT molecular complexity index is 347. The Kier molecular flexibility index (Phi) is 4.79. The number of carbonyl (C=O) groups is 2. The van der Waals surface area contributed by atoms with Crippen molar-refractivity contribution < 1.29 is 19.4 Å². The molecule has 3 N–H and O–H groups in total. The van der Waals surface area contributed by atoms with Crippen LogP contribution in [-0.4, -0.2) is 41.9 Å². The summed E-state index contributed by atoms with van der Waals surface area (Å²) in [6.45, 7) is 7.92. The molecule has 0 aromatic heterocycles. The van der Waals surface area contributed by atoms with Crippen LogP contribution in [0.4, 0.5) is 4.79 Å². The van der Waals surface area contributed by atoms with Crippen LogP contribution in [-0.2, 0) is 9.53 Å². The van der Waals surface area contributed by atoms with E-state index in [1.54, 1.807) is 27.7 Å². The lowest BCUT2D eigenvalue weighted by molar-refractivity contribution is -0.150. The molecule has 1 aliphatic rings. The predicted molar refractivity (Wildman–Crippen MR) is 71.0 cm³/mol. The summed E-state index contributed by atoms with van der Waals surface area (Å²) in [5, 5.41) is 14.8. The number of carboxylic acid groups (broad SMARTS) is 1. The van der Waals surface area contributed by atoms with Gasteiger partial charge < -0.3 is 20.5 Å². The summed E-state index contributed by atoms with van der Waals surface area (Å²) in [6, 6.07) is -0.233. The fraction of sp³-hybridized carbons (Fsp3) is 0.846. The molecule has 1 saturated heterocycles. The number of rotatable bonds is 4. The molecule has 0 aromatic rings. The van der Waals surface area contributed by atoms with Crippen molar-refractivity contribution in [3.05, 3.63) is 0 Å². The standard InChI is InChI=1S/C13H24N2O4/c1-12(2,10(16)17)13(3,4)15-11(18)14-9-5-7-19-8-6-9/h9H,5-8H2,1-4H3,(H,16,17)(H2,14,15,18). The fourth-order valence-electron chi connectivity index (χ4n) is 1.77. The SMILES string of the molecule is CC(C)(NC(=O)NC1CCOCC1)C(C)(C)C(=O)O. The molecule has 0 bridgehead atoms. The van der Waals surface area contributed by atoms with E-state index in [1.165, 1.54) is 0 Å². The number of amides is 2. The van der Waals surface area contributed by atoms with Gasteiger partial charge in [0.1, 0.15) is 0 Å². The van der Waals surface area contributed by atoms with Crippen molar-refractivity contribution in [3.63, 3.8) is 0 Å². The number of carbonyl (C=O) groups excluding carboxylic acids is 1. The first-order valence-electron chi connectivity index (χ1n) is 6.56. The van der Waals surface area contributed by atoms with E-state index < -0.39 is 16.9 Å². The lowest BCUT2D eigenvalue weighted by atomic mass is 9.74. The van der Waals surface area contributed by atoms with Crippen molar-refractivity contribution in [2.45, 2.75) is 52.1 Å². The van der Waals surface area contributed by atoms with Gasteiger partial charge in [-0.05, 0) is 40.5 Å². The Morgan fingerprint density at radius 2 is 1.68 bits per heavy atom. The minimum absolute atomic E-state index is 0.0949. The Balaban J connectivity index is 2.57. The van der Waals surface area contributed by atoms with Crippen molar-refractivity contribution in [2.24, 2.45) is 5.41 Å². The van der Waals surface area contributed by atoms with Crippen LogP contribution in [0.3, 0.4) is 0 Å². The first kappa shape index (κ1) is 15.8. The average Bonchev–Trinajstić information content (AvgIpc) is 2.28. The summed E-state index contributed by atoms with van der Waals surface area (Å²) in [5.41, 5.74) is -1.91. The lowest BCUT2D eigenvalue weighted by Crippen LogP contribution is -2.60. The maximum atomic E-state index is 11.9. The molecular formula is C13H24N2O4. The van der Waals surface area contributed by atoms with Crippen LogP contribution in [0.15, 0.2) is 0 Å². The zero-order chi connectivity index (χ0) is 14.7. The van der Waals surface area contributed by atoms with Crippen molar-refractivity contribution in [2.75, 3.05) is 13.2 Å². The molecule has 0 unspecified atom stereocenters. The minimum Gasteiger partial charge on any atom is -0.481 e. The molecule has 0 saturated carbocycles. The molecule has 0 aliphatic carbocycles. The molecule has 0 atom stereocenters. The van der Waals surface area contributed by atoms with Gasteiger partial charge in [0.05, 0.1) is 11.0 Å². The molecule has 19 heavy (non-hydrogen) atoms. The van der Waals surface area contributed by atoms with E-state index in [2.05, 4.69) is 10.6 Å². The molecule has 110 valence electrons. The van der Waals surface area contributed by atoms with Gasteiger partial charge in [-0.15, -0.1) is 0 Å². The number of hydrogen-bond acceptors (Lipinski definition) is 3. The van der Waals surface area contributed by atoms with Crippen LogP contribution in [0.2, 0.25) is 0 Å². The predicted octanol–water partition coefficient (Wildman–Crippen LogP) is 1.35. The molecule has 0 radical (unpaired) electrons. The van der Waals surface area contributed by atoms with E-state index in [0.29, 0.717) is 13.2 Å². The fourth-order valence-corrected chi connectivity index (χ4v) is 1.77. The number of hydrogen-bond donors (Lipinski definition) is 3. The maximum Gasteiger partial charge on any atom is 0.315 e. The molecule has 6 nitrogen and oxygen atoms in total. The van der Waals surface area contributed by atoms with E-state index >= 15 is 0 Å². The van der Waals surface area contributed by atoms with E-state index in [9.17, 15) is 14.7 Å². The van der Waals surface area contributed by atoms with Crippen LogP contribution in [0.5, 0.6) is 0 Å². The first-order chi connectivity index (χ1) is 8.67. The second-order valence-electron chi connectivity index (χ2n) is 6.04. The quantitative estimate of drug-likeness (QED) is 0.721. The topological polar surface area (TPSA) is 87.7 Å². The van der Waals surface area contributed by atoms with Gasteiger partial charge in [0.25, 0.3) is 0 Å². The molecule has 1 heterocycles. The highest BCUT2D eigenvalue weighted by Gasteiger charge is 2.44. The second-order valence-corrected chi connectivity index (χ2v) is 6.04. The molecule has 0 spiro atoms. The first-order valence-corrected chi connectivity index (χ1v) is 6.56. The summed E-state index contributed by atoms with van der Waals surface area (Å²) in [5.74, 6) is -0.941. The van der Waals surface area contributed by atoms with E-state index in [1.807, 2.05) is 0 Å². The monoisotopic (exact) mass is 272 g/mol. The minimum atomic E-state index is -1.06. The number of carboxylic acids is 1. The summed E-state index contributed by atoms with van der Waals surface area (Å²) in [4.78, 5) is 23.2. The Morgan fingerprint density at radius 3 is 2.16 bits per heavy atom. The third-order valence-corrected chi connectivity index (χ3v) is 4.08. The zero-order valence-corrected chi connectivity index (χ0v) is 12.1. The highest BCUT2D eigenvalue weighted by Crippen LogP contribution is 2.30. The van der Waals surface area contributed by atoms with Gasteiger partial charge in [-0.25, -0.2) is 4.79 Å². The second kappa shape index (κ2) is 5.77. The Hall–Kier alpha value is -1.30. The highest BCUT2D eigenvalue weighted by atomic mass is 16.5. The van der Waals surface area contributed by atoms with Crippen LogP contribution >= 0.6 is 0 Å². The van der Waals surface area contributed by atoms with Gasteiger partial charge in [-0.2, -0.15) is 0 Å². The van der Waals surface area contributed by atoms with Crippen LogP contribution in [0.1, 0.15) is 40.5 Å². The van der Waals surface area contributed by atoms with E-state index in [4.69, 9.17) is 4.74 Å². The van der Waals surface area contributed by atoms with Crippen molar-refractivity contribution in [1.82, 2.24) is 10.6 Å². The molecular weight excluding hydrogens is 248 g/mol. The molecule has 2 amide bonds. The number of ether oxygens (including phenoxy) is 1. The van der Waals surface area contributed by atoms with E-state index in [0.717, 1.165) is 12.8 Å². The third-order valence-electron chi connectivity index (χ3n) is 4.08. The summed E-state index contributed by atoms with van der Waals surface area (Å²) in [7, 11) is 0. The number of urea groups is 1. The van der Waals surface area contributed by atoms with Crippen LogP contribution in [0, 0.1) is 5.41 Å². The largest absolute Gasteiger partial charge is 0.481 e. The number of aliphatic carboxylic acids is 1. The van der Waals surface area contributed by atoms with E-state index in [-0.39, 0.29) is 12.1 Å². The summed E-state index contributed by atoms with van der Waals surface area (Å²) < 4.78 is 5.22. The van der Waals surface area contributed by atoms with Gasteiger partial charge in [-0.3, -0.25) is 4.79 Å². The van der Waals surface area contributed by atoms with Gasteiger partial charge in [0.2, 0.25) is 0 Å². The van der Waals surface area contributed by atoms with Crippen LogP contribution in [0.25, 0.3) is 0 Å². The van der Waals surface area contributed by atoms with Gasteiger partial charge in [0.15, 0.2) is 0 Å². The van der Waals surface area contributed by atoms with Crippen molar-refractivity contribution in [3.8, 4) is 0 Å². The number of nitrogens with one attached hydrogen (secondary N) is 2. The van der Waals surface area contributed by atoms with Gasteiger partial charge in [-0.1, -0.05) is 0 Å². The molecule has 1 fully saturated rings. The lowest BCUT2D eigenvalue weighted by Gasteiger charge is -2.39. The Morgan fingerprint density at radius 1 is 1.16 bits per heavy atom. The molecule has 1 rings (SSSR count). The average molecular weight is 272 g/mol. The van der Waals surface area contributed by atoms with Gasteiger partial charge in [0, 0.05) is 19.3 Å². The summed E-state index contributed by atoms with van der Waals surface area (Å²) >= 11 is 0. The van der Waals surface area contributed by atoms with Gasteiger partial charge >= 0.3 is 12.0 Å². The van der Waals surface area contributed by atoms with Crippen LogP contribution < -0.4 is 10.6 Å². The van der Waals surface area contributed by atoms with Crippen molar-refractivity contribution in [1.29, 1.82) is 0 Å².